The number of phenols is 1. The third-order valence-electron chi connectivity index (χ3n) is 13.0. The van der Waals surface area contributed by atoms with Crippen molar-refractivity contribution < 1.29 is 9.22 Å². The first-order valence-corrected chi connectivity index (χ1v) is 23.4. The molecule has 0 bridgehead atoms. The average molecular weight is 893 g/mol. The average Bonchev–Trinajstić information content (AvgIpc) is 3.80. The van der Waals surface area contributed by atoms with Gasteiger partial charge in [0.25, 0.3) is 0 Å². The smallest absolute Gasteiger partial charge is 0.149 e. The molecule has 332 valence electrons. The highest BCUT2D eigenvalue weighted by Gasteiger charge is 2.25. The molecule has 0 amide bonds. The van der Waals surface area contributed by atoms with Crippen molar-refractivity contribution >= 4 is 11.0 Å². The lowest BCUT2D eigenvalue weighted by molar-refractivity contribution is 0.477. The Bertz CT molecular complexity index is 3760. The Hall–Kier alpha value is -8.60. The fourth-order valence-corrected chi connectivity index (χ4v) is 9.63. The minimum Gasteiger partial charge on any atom is -0.507 e. The van der Waals surface area contributed by atoms with Crippen molar-refractivity contribution in [2.75, 3.05) is 0 Å². The van der Waals surface area contributed by atoms with Crippen LogP contribution < -0.4 is 0 Å². The molecule has 0 saturated heterocycles. The van der Waals surface area contributed by atoms with Gasteiger partial charge in [0.1, 0.15) is 11.6 Å². The molecular weight excluding hydrogens is 839 g/mol. The van der Waals surface area contributed by atoms with Crippen molar-refractivity contribution in [3.63, 3.8) is 0 Å². The number of hydrogen-bond acceptors (Lipinski definition) is 3. The maximum absolute atomic E-state index is 11.5. The van der Waals surface area contributed by atoms with Crippen LogP contribution >= 0.6 is 0 Å². The largest absolute Gasteiger partial charge is 0.507 e. The van der Waals surface area contributed by atoms with Crippen molar-refractivity contribution in [2.24, 2.45) is 0 Å². The van der Waals surface area contributed by atoms with Gasteiger partial charge >= 0.3 is 0 Å². The third-order valence-corrected chi connectivity index (χ3v) is 13.0. The van der Waals surface area contributed by atoms with E-state index in [-0.39, 0.29) is 16.7 Å². The predicted octanol–water partition coefficient (Wildman–Crippen LogP) is 17.1. The lowest BCUT2D eigenvalue weighted by atomic mass is 9.78. The highest BCUT2D eigenvalue weighted by atomic mass is 16.3. The van der Waals surface area contributed by atoms with Gasteiger partial charge in [0.2, 0.25) is 0 Å². The fraction of sp³-hybridized carbons (Fsp3) is 0.0769. The minimum absolute atomic E-state index is 0.0308. The van der Waals surface area contributed by atoms with Gasteiger partial charge in [-0.15, -0.1) is 0 Å². The standard InChI is InChI=1S/C65H51N3O/c1-43-38-50(62-54(48-22-12-7-13-23-48)25-16-27-57(62)65(2,3)4)34-35-59(43)68-60-28-17-26-55(63(60)67-64(68)56-24-14-15-29-61(56)69)52-39-51(45-20-10-6-11-21-45)40-53(41-52)58-42-49(36-37-66-58)47-32-30-46(31-33-47)44-18-8-5-9-19-44/h5-42,69H,1-4H3/i1D3. The first-order valence-electron chi connectivity index (χ1n) is 24.9. The molecular formula is C65H51N3O. The zero-order chi connectivity index (χ0) is 49.6. The van der Waals surface area contributed by atoms with Crippen LogP contribution in [0.4, 0.5) is 0 Å². The van der Waals surface area contributed by atoms with E-state index in [9.17, 15) is 5.11 Å². The van der Waals surface area contributed by atoms with Gasteiger partial charge in [-0.3, -0.25) is 9.55 Å². The summed E-state index contributed by atoms with van der Waals surface area (Å²) in [6.45, 7) is 4.02. The number of para-hydroxylation sites is 2. The van der Waals surface area contributed by atoms with E-state index in [4.69, 9.17) is 14.1 Å². The molecule has 0 saturated carbocycles. The van der Waals surface area contributed by atoms with Crippen LogP contribution in [-0.2, 0) is 5.41 Å². The molecule has 0 spiro atoms. The number of hydrogen-bond donors (Lipinski definition) is 1. The molecule has 0 aliphatic rings. The number of imidazole rings is 1. The van der Waals surface area contributed by atoms with Crippen LogP contribution in [0, 0.1) is 6.85 Å². The second-order valence-electron chi connectivity index (χ2n) is 18.6. The Morgan fingerprint density at radius 3 is 1.71 bits per heavy atom. The molecule has 0 aliphatic heterocycles. The number of aromatic nitrogens is 3. The molecule has 11 aromatic rings. The molecule has 4 nitrogen and oxygen atoms in total. The van der Waals surface area contributed by atoms with Crippen LogP contribution in [0.1, 0.15) is 36.0 Å². The van der Waals surface area contributed by atoms with E-state index in [1.807, 2.05) is 102 Å². The van der Waals surface area contributed by atoms with Gasteiger partial charge in [-0.2, -0.15) is 0 Å². The Labute approximate surface area is 408 Å². The molecule has 2 aromatic heterocycles. The van der Waals surface area contributed by atoms with E-state index in [1.165, 1.54) is 5.56 Å². The third kappa shape index (κ3) is 8.32. The zero-order valence-electron chi connectivity index (χ0n) is 41.7. The maximum Gasteiger partial charge on any atom is 0.149 e. The van der Waals surface area contributed by atoms with Crippen LogP contribution in [0.25, 0.3) is 106 Å². The normalized spacial score (nSPS) is 12.4. The first kappa shape index (κ1) is 39.6. The molecule has 4 heteroatoms. The molecule has 0 aliphatic carbocycles. The minimum atomic E-state index is -2.54. The molecule has 0 radical (unpaired) electrons. The van der Waals surface area contributed by atoms with Crippen LogP contribution in [0.3, 0.4) is 0 Å². The number of nitrogens with zero attached hydrogens (tertiary/aromatic N) is 3. The molecule has 0 atom stereocenters. The molecule has 2 heterocycles. The van der Waals surface area contributed by atoms with Gasteiger partial charge in [-0.25, -0.2) is 4.98 Å². The number of phenolic OH excluding ortho intramolecular Hbond substituents is 1. The fourth-order valence-electron chi connectivity index (χ4n) is 9.63. The highest BCUT2D eigenvalue weighted by molar-refractivity contribution is 5.98. The summed E-state index contributed by atoms with van der Waals surface area (Å²) >= 11 is 0. The Balaban J connectivity index is 1.10. The van der Waals surface area contributed by atoms with E-state index >= 15 is 0 Å². The Morgan fingerprint density at radius 2 is 1.01 bits per heavy atom. The Kier molecular flexibility index (Phi) is 10.3. The number of fused-ring (bicyclic) bond motifs is 1. The quantitative estimate of drug-likeness (QED) is 0.157. The molecule has 0 fully saturated rings. The van der Waals surface area contributed by atoms with Crippen LogP contribution in [0.15, 0.2) is 231 Å². The van der Waals surface area contributed by atoms with E-state index < -0.39 is 6.85 Å². The monoisotopic (exact) mass is 892 g/mol. The summed E-state index contributed by atoms with van der Waals surface area (Å²) in [4.78, 5) is 10.3. The summed E-state index contributed by atoms with van der Waals surface area (Å²) in [5.74, 6) is 0.448. The van der Waals surface area contributed by atoms with Gasteiger partial charge in [0.05, 0.1) is 28.0 Å². The van der Waals surface area contributed by atoms with Gasteiger partial charge < -0.3 is 5.11 Å². The topological polar surface area (TPSA) is 50.9 Å². The predicted molar refractivity (Wildman–Crippen MR) is 287 cm³/mol. The summed E-state index contributed by atoms with van der Waals surface area (Å²) in [7, 11) is 0. The van der Waals surface area contributed by atoms with Crippen LogP contribution in [-0.4, -0.2) is 19.6 Å². The van der Waals surface area contributed by atoms with Crippen molar-refractivity contribution in [3.05, 3.63) is 242 Å². The summed E-state index contributed by atoms with van der Waals surface area (Å²) < 4.78 is 29.3. The molecule has 1 N–H and O–H groups in total. The lowest BCUT2D eigenvalue weighted by Gasteiger charge is -2.26. The van der Waals surface area contributed by atoms with Crippen LogP contribution in [0.2, 0.25) is 0 Å². The van der Waals surface area contributed by atoms with E-state index in [2.05, 4.69) is 142 Å². The van der Waals surface area contributed by atoms with Gasteiger partial charge in [-0.1, -0.05) is 185 Å². The first-order chi connectivity index (χ1) is 34.9. The van der Waals surface area contributed by atoms with E-state index in [0.29, 0.717) is 28.1 Å². The Morgan fingerprint density at radius 1 is 0.449 bits per heavy atom. The SMILES string of the molecule is [2H]C([2H])([2H])c1cc(-c2c(-c3ccccc3)cccc2C(C)(C)C)ccc1-n1c(-c2ccccc2O)nc2c(-c3cc(-c4ccccc4)cc(-c4cc(-c5ccc(-c6ccccc6)cc5)ccn4)c3)cccc21. The highest BCUT2D eigenvalue weighted by Crippen LogP contribution is 2.44. The molecule has 0 unspecified atom stereocenters. The van der Waals surface area contributed by atoms with E-state index in [0.717, 1.165) is 78.0 Å². The number of aromatic hydroxyl groups is 1. The molecule has 9 aromatic carbocycles. The number of pyridine rings is 1. The lowest BCUT2D eigenvalue weighted by Crippen LogP contribution is -2.13. The zero-order valence-corrected chi connectivity index (χ0v) is 38.7. The molecule has 69 heavy (non-hydrogen) atoms. The van der Waals surface area contributed by atoms with Crippen molar-refractivity contribution in [1.29, 1.82) is 0 Å². The van der Waals surface area contributed by atoms with Crippen LogP contribution in [0.5, 0.6) is 5.75 Å². The van der Waals surface area contributed by atoms with Gasteiger partial charge in [0, 0.05) is 21.4 Å². The molecule has 11 rings (SSSR count). The van der Waals surface area contributed by atoms with Crippen molar-refractivity contribution in [2.45, 2.75) is 33.0 Å². The number of aryl methyl sites for hydroxylation is 1. The second-order valence-corrected chi connectivity index (χ2v) is 18.6. The summed E-state index contributed by atoms with van der Waals surface area (Å²) in [6, 6.07) is 75.5. The van der Waals surface area contributed by atoms with E-state index in [1.54, 1.807) is 12.1 Å². The van der Waals surface area contributed by atoms with Gasteiger partial charge in [0.15, 0.2) is 0 Å². The van der Waals surface area contributed by atoms with Crippen molar-refractivity contribution in [3.8, 4) is 101 Å². The van der Waals surface area contributed by atoms with Gasteiger partial charge in [-0.05, 0) is 145 Å². The number of rotatable bonds is 9. The summed E-state index contributed by atoms with van der Waals surface area (Å²) in [5, 5.41) is 11.5. The summed E-state index contributed by atoms with van der Waals surface area (Å²) in [5.41, 5.74) is 17.1. The number of benzene rings is 9. The van der Waals surface area contributed by atoms with Crippen molar-refractivity contribution in [1.82, 2.24) is 14.5 Å². The maximum atomic E-state index is 11.5. The second kappa shape index (κ2) is 17.9. The summed E-state index contributed by atoms with van der Waals surface area (Å²) in [6.07, 6.45) is 1.86.